The van der Waals surface area contributed by atoms with Crippen molar-refractivity contribution < 1.29 is 4.79 Å². The van der Waals surface area contributed by atoms with E-state index in [-0.39, 0.29) is 11.4 Å². The van der Waals surface area contributed by atoms with Crippen molar-refractivity contribution in [3.05, 3.63) is 0 Å². The Morgan fingerprint density at radius 1 is 1.28 bits per heavy atom. The third-order valence-corrected chi connectivity index (χ3v) is 4.47. The van der Waals surface area contributed by atoms with Gasteiger partial charge in [-0.2, -0.15) is 0 Å². The molecule has 104 valence electrons. The summed E-state index contributed by atoms with van der Waals surface area (Å²) in [5, 5.41) is 3.05. The zero-order valence-electron chi connectivity index (χ0n) is 11.6. The molecule has 2 fully saturated rings. The molecule has 1 aliphatic carbocycles. The Kier molecular flexibility index (Phi) is 4.62. The van der Waals surface area contributed by atoms with Gasteiger partial charge in [-0.1, -0.05) is 12.8 Å². The fourth-order valence-electron chi connectivity index (χ4n) is 3.21. The molecule has 4 nitrogen and oxygen atoms in total. The molecule has 2 rings (SSSR count). The van der Waals surface area contributed by atoms with Crippen molar-refractivity contribution in [1.82, 2.24) is 10.2 Å². The Hall–Kier alpha value is -0.610. The molecule has 1 aliphatic heterocycles. The van der Waals surface area contributed by atoms with Gasteiger partial charge >= 0.3 is 0 Å². The third-order valence-electron chi connectivity index (χ3n) is 4.47. The minimum Gasteiger partial charge on any atom is -0.354 e. The second-order valence-electron chi connectivity index (χ2n) is 6.14. The zero-order valence-corrected chi connectivity index (χ0v) is 11.6. The molecular weight excluding hydrogens is 226 g/mol. The summed E-state index contributed by atoms with van der Waals surface area (Å²) in [6, 6.07) is 0.453. The van der Waals surface area contributed by atoms with Crippen LogP contribution in [0.5, 0.6) is 0 Å². The summed E-state index contributed by atoms with van der Waals surface area (Å²) in [6.45, 7) is 5.31. The highest BCUT2D eigenvalue weighted by atomic mass is 16.1. The predicted octanol–water partition coefficient (Wildman–Crippen LogP) is 1.25. The monoisotopic (exact) mass is 253 g/mol. The summed E-state index contributed by atoms with van der Waals surface area (Å²) < 4.78 is 0. The largest absolute Gasteiger partial charge is 0.354 e. The summed E-state index contributed by atoms with van der Waals surface area (Å²) in [4.78, 5) is 14.4. The Morgan fingerprint density at radius 3 is 2.50 bits per heavy atom. The quantitative estimate of drug-likeness (QED) is 0.775. The molecule has 0 radical (unpaired) electrons. The highest BCUT2D eigenvalue weighted by molar-refractivity contribution is 5.77. The number of nitrogens with zero attached hydrogens (tertiary/aromatic N) is 1. The lowest BCUT2D eigenvalue weighted by atomic mass is 9.94. The van der Waals surface area contributed by atoms with Gasteiger partial charge < -0.3 is 11.1 Å². The second-order valence-corrected chi connectivity index (χ2v) is 6.14. The van der Waals surface area contributed by atoms with Gasteiger partial charge in [-0.3, -0.25) is 9.69 Å². The minimum atomic E-state index is -0.221. The fourth-order valence-corrected chi connectivity index (χ4v) is 3.21. The van der Waals surface area contributed by atoms with Gasteiger partial charge in [-0.15, -0.1) is 0 Å². The van der Waals surface area contributed by atoms with E-state index in [4.69, 9.17) is 5.73 Å². The Bertz CT molecular complexity index is 281. The van der Waals surface area contributed by atoms with Crippen molar-refractivity contribution >= 4 is 5.91 Å². The summed E-state index contributed by atoms with van der Waals surface area (Å²) in [6.07, 6.45) is 7.44. The molecule has 1 heterocycles. The smallest absolute Gasteiger partial charge is 0.221 e. The number of carbonyl (C=O) groups excluding carboxylic acids is 1. The first-order chi connectivity index (χ1) is 8.59. The highest BCUT2D eigenvalue weighted by Crippen LogP contribution is 2.29. The van der Waals surface area contributed by atoms with Crippen LogP contribution >= 0.6 is 0 Å². The summed E-state index contributed by atoms with van der Waals surface area (Å²) in [7, 11) is 0. The molecule has 0 bridgehead atoms. The van der Waals surface area contributed by atoms with Crippen molar-refractivity contribution in [1.29, 1.82) is 0 Å². The van der Waals surface area contributed by atoms with E-state index in [1.54, 1.807) is 0 Å². The molecule has 1 amide bonds. The first kappa shape index (κ1) is 13.8. The zero-order chi connectivity index (χ0) is 13.0. The van der Waals surface area contributed by atoms with Gasteiger partial charge in [0, 0.05) is 24.5 Å². The average Bonchev–Trinajstić information content (AvgIpc) is 2.97. The van der Waals surface area contributed by atoms with E-state index < -0.39 is 0 Å². The van der Waals surface area contributed by atoms with E-state index in [0.717, 1.165) is 19.4 Å². The lowest BCUT2D eigenvalue weighted by molar-refractivity contribution is -0.122. The van der Waals surface area contributed by atoms with Gasteiger partial charge in [0.15, 0.2) is 0 Å². The fraction of sp³-hybridized carbons (Fsp3) is 0.929. The summed E-state index contributed by atoms with van der Waals surface area (Å²) >= 11 is 0. The lowest BCUT2D eigenvalue weighted by Crippen LogP contribution is -2.45. The van der Waals surface area contributed by atoms with Crippen LogP contribution in [0, 0.1) is 0 Å². The van der Waals surface area contributed by atoms with E-state index in [2.05, 4.69) is 17.1 Å². The van der Waals surface area contributed by atoms with Crippen molar-refractivity contribution in [3.63, 3.8) is 0 Å². The number of rotatable bonds is 5. The van der Waals surface area contributed by atoms with Crippen molar-refractivity contribution in [2.24, 2.45) is 5.73 Å². The molecule has 2 aliphatic rings. The maximum absolute atomic E-state index is 11.9. The van der Waals surface area contributed by atoms with Crippen LogP contribution in [0.25, 0.3) is 0 Å². The summed E-state index contributed by atoms with van der Waals surface area (Å²) in [5.74, 6) is 0.130. The molecule has 18 heavy (non-hydrogen) atoms. The van der Waals surface area contributed by atoms with Gasteiger partial charge in [0.05, 0.1) is 0 Å². The van der Waals surface area contributed by atoms with Gasteiger partial charge in [0.1, 0.15) is 0 Å². The molecule has 0 aromatic carbocycles. The predicted molar refractivity (Wildman–Crippen MR) is 73.3 cm³/mol. The first-order valence-corrected chi connectivity index (χ1v) is 7.39. The maximum atomic E-state index is 11.9. The SMILES string of the molecule is CC(CNC(=O)CC1(N)CCCC1)N1CCCC1. The van der Waals surface area contributed by atoms with Crippen LogP contribution in [-0.4, -0.2) is 42.0 Å². The molecule has 1 saturated heterocycles. The molecular formula is C14H27N3O. The Balaban J connectivity index is 1.67. The van der Waals surface area contributed by atoms with Gasteiger partial charge in [0.2, 0.25) is 5.91 Å². The number of likely N-dealkylation sites (tertiary alicyclic amines) is 1. The number of nitrogens with one attached hydrogen (secondary N) is 1. The summed E-state index contributed by atoms with van der Waals surface area (Å²) in [5.41, 5.74) is 6.00. The standard InChI is InChI=1S/C14H27N3O/c1-12(17-8-4-5-9-17)11-16-13(18)10-14(15)6-2-3-7-14/h12H,2-11,15H2,1H3,(H,16,18). The Morgan fingerprint density at radius 2 is 1.89 bits per heavy atom. The van der Waals surface area contributed by atoms with Crippen LogP contribution in [0.15, 0.2) is 0 Å². The van der Waals surface area contributed by atoms with Crippen LogP contribution < -0.4 is 11.1 Å². The van der Waals surface area contributed by atoms with Crippen molar-refractivity contribution in [3.8, 4) is 0 Å². The van der Waals surface area contributed by atoms with E-state index in [1.165, 1.54) is 38.8 Å². The van der Waals surface area contributed by atoms with Crippen LogP contribution in [0.3, 0.4) is 0 Å². The normalized spacial score (nSPS) is 25.2. The second kappa shape index (κ2) is 6.02. The van der Waals surface area contributed by atoms with E-state index >= 15 is 0 Å². The van der Waals surface area contributed by atoms with Gasteiger partial charge in [0.25, 0.3) is 0 Å². The van der Waals surface area contributed by atoms with E-state index in [0.29, 0.717) is 12.5 Å². The first-order valence-electron chi connectivity index (χ1n) is 7.39. The van der Waals surface area contributed by atoms with Crippen LogP contribution in [0.4, 0.5) is 0 Å². The molecule has 0 aromatic heterocycles. The number of carbonyl (C=O) groups is 1. The van der Waals surface area contributed by atoms with Crippen LogP contribution in [-0.2, 0) is 4.79 Å². The molecule has 1 unspecified atom stereocenters. The number of nitrogens with two attached hydrogens (primary N) is 1. The molecule has 0 spiro atoms. The van der Waals surface area contributed by atoms with E-state index in [9.17, 15) is 4.79 Å². The number of hydrogen-bond donors (Lipinski definition) is 2. The van der Waals surface area contributed by atoms with Crippen LogP contribution in [0.2, 0.25) is 0 Å². The average molecular weight is 253 g/mol. The van der Waals surface area contributed by atoms with Crippen molar-refractivity contribution in [2.75, 3.05) is 19.6 Å². The third kappa shape index (κ3) is 3.69. The van der Waals surface area contributed by atoms with Gasteiger partial charge in [-0.25, -0.2) is 0 Å². The Labute approximate surface area is 110 Å². The highest BCUT2D eigenvalue weighted by Gasteiger charge is 2.31. The van der Waals surface area contributed by atoms with Crippen LogP contribution in [0.1, 0.15) is 51.9 Å². The van der Waals surface area contributed by atoms with E-state index in [1.807, 2.05) is 0 Å². The molecule has 1 atom stereocenters. The van der Waals surface area contributed by atoms with Crippen molar-refractivity contribution in [2.45, 2.75) is 63.5 Å². The molecule has 1 saturated carbocycles. The molecule has 4 heteroatoms. The molecule has 3 N–H and O–H groups in total. The van der Waals surface area contributed by atoms with Gasteiger partial charge in [-0.05, 0) is 45.7 Å². The number of hydrogen-bond acceptors (Lipinski definition) is 3. The maximum Gasteiger partial charge on any atom is 0.221 e. The lowest BCUT2D eigenvalue weighted by Gasteiger charge is -2.26. The topological polar surface area (TPSA) is 58.4 Å². The molecule has 0 aromatic rings. The minimum absolute atomic E-state index is 0.130. The number of amides is 1.